The van der Waals surface area contributed by atoms with Gasteiger partial charge in [0.25, 0.3) is 5.91 Å². The van der Waals surface area contributed by atoms with Crippen LogP contribution in [0.5, 0.6) is 0 Å². The lowest BCUT2D eigenvalue weighted by atomic mass is 9.78. The average molecular weight is 443 g/mol. The molecule has 1 unspecified atom stereocenters. The Kier molecular flexibility index (Phi) is 6.15. The van der Waals surface area contributed by atoms with E-state index in [2.05, 4.69) is 69.1 Å². The number of hydrogen-bond donors (Lipinski definition) is 1. The van der Waals surface area contributed by atoms with Gasteiger partial charge in [0.05, 0.1) is 17.5 Å². The number of hydrazone groups is 1. The molecule has 1 aliphatic heterocycles. The molecule has 1 N–H and O–H groups in total. The van der Waals surface area contributed by atoms with E-state index in [0.717, 1.165) is 23.2 Å². The highest BCUT2D eigenvalue weighted by Crippen LogP contribution is 2.45. The van der Waals surface area contributed by atoms with E-state index in [-0.39, 0.29) is 11.4 Å². The summed E-state index contributed by atoms with van der Waals surface area (Å²) in [5.74, 6) is 0.230. The Morgan fingerprint density at radius 3 is 2.52 bits per heavy atom. The number of anilines is 1. The molecular weight excluding hydrogens is 408 g/mol. The van der Waals surface area contributed by atoms with Crippen LogP contribution in [0.15, 0.2) is 66.0 Å². The first-order valence-electron chi connectivity index (χ1n) is 11.7. The molecule has 0 bridgehead atoms. The number of aryl methyl sites for hydroxylation is 1. The Bertz CT molecular complexity index is 1170. The van der Waals surface area contributed by atoms with Crippen LogP contribution >= 0.6 is 0 Å². The smallest absolute Gasteiger partial charge is 0.273 e. The Balaban J connectivity index is 1.58. The second-order valence-electron chi connectivity index (χ2n) is 9.96. The van der Waals surface area contributed by atoms with Crippen LogP contribution in [0.4, 0.5) is 5.69 Å². The maximum absolute atomic E-state index is 12.9. The molecule has 5 nitrogen and oxygen atoms in total. The van der Waals surface area contributed by atoms with Crippen LogP contribution in [0, 0.1) is 6.92 Å². The lowest BCUT2D eigenvalue weighted by Crippen LogP contribution is -2.51. The molecule has 1 aromatic heterocycles. The van der Waals surface area contributed by atoms with Crippen molar-refractivity contribution in [2.75, 3.05) is 4.90 Å². The van der Waals surface area contributed by atoms with Crippen molar-refractivity contribution in [3.8, 4) is 5.69 Å². The summed E-state index contributed by atoms with van der Waals surface area (Å²) in [4.78, 5) is 15.4. The van der Waals surface area contributed by atoms with E-state index in [1.165, 1.54) is 11.3 Å². The second-order valence-corrected chi connectivity index (χ2v) is 9.96. The highest BCUT2D eigenvalue weighted by molar-refractivity contribution is 5.98. The van der Waals surface area contributed by atoms with Gasteiger partial charge in [-0.1, -0.05) is 19.1 Å². The summed E-state index contributed by atoms with van der Waals surface area (Å²) < 4.78 is 1.93. The van der Waals surface area contributed by atoms with Crippen LogP contribution < -0.4 is 10.3 Å². The number of para-hydroxylation sites is 1. The van der Waals surface area contributed by atoms with Crippen molar-refractivity contribution in [2.45, 2.75) is 65.5 Å². The second kappa shape index (κ2) is 8.89. The van der Waals surface area contributed by atoms with Gasteiger partial charge in [-0.15, -0.1) is 0 Å². The molecule has 1 aliphatic rings. The fourth-order valence-electron chi connectivity index (χ4n) is 5.34. The molecule has 172 valence electrons. The Hall–Kier alpha value is -3.34. The van der Waals surface area contributed by atoms with Crippen molar-refractivity contribution >= 4 is 17.8 Å². The zero-order valence-corrected chi connectivity index (χ0v) is 20.5. The number of carbonyl (C=O) groups excluding carboxylic acids is 1. The van der Waals surface area contributed by atoms with Crippen molar-refractivity contribution in [3.05, 3.63) is 83.2 Å². The zero-order valence-electron chi connectivity index (χ0n) is 20.5. The minimum atomic E-state index is -0.229. The number of nitrogens with zero attached hydrogens (tertiary/aromatic N) is 3. The number of benzene rings is 2. The van der Waals surface area contributed by atoms with E-state index in [1.807, 2.05) is 53.4 Å². The van der Waals surface area contributed by atoms with E-state index in [1.54, 1.807) is 6.21 Å². The summed E-state index contributed by atoms with van der Waals surface area (Å²) >= 11 is 0. The standard InChI is InChI=1S/C28H34N4O/c1-19(2)32-26-15-20(3)22(16-24(26)21(4)17-28(32,5)6)18-29-30-27(33)23-11-7-8-12-25(23)31-13-9-10-14-31/h7-16,18-19,21H,17H2,1-6H3,(H,30,33)/b29-18+. The number of amides is 1. The van der Waals surface area contributed by atoms with Gasteiger partial charge in [0, 0.05) is 29.7 Å². The van der Waals surface area contributed by atoms with Gasteiger partial charge in [-0.05, 0) is 100 Å². The maximum Gasteiger partial charge on any atom is 0.273 e. The number of fused-ring (bicyclic) bond motifs is 1. The molecule has 33 heavy (non-hydrogen) atoms. The third-order valence-electron chi connectivity index (χ3n) is 6.58. The van der Waals surface area contributed by atoms with E-state index >= 15 is 0 Å². The molecule has 0 radical (unpaired) electrons. The molecule has 0 saturated heterocycles. The molecule has 3 aromatic rings. The Morgan fingerprint density at radius 1 is 1.12 bits per heavy atom. The molecular formula is C28H34N4O. The fourth-order valence-corrected chi connectivity index (χ4v) is 5.34. The average Bonchev–Trinajstić information content (AvgIpc) is 3.28. The van der Waals surface area contributed by atoms with Gasteiger partial charge in [-0.2, -0.15) is 5.10 Å². The summed E-state index contributed by atoms with van der Waals surface area (Å²) in [6.45, 7) is 13.6. The van der Waals surface area contributed by atoms with E-state index < -0.39 is 0 Å². The van der Waals surface area contributed by atoms with Crippen LogP contribution in [0.2, 0.25) is 0 Å². The van der Waals surface area contributed by atoms with Gasteiger partial charge in [-0.3, -0.25) is 4.79 Å². The topological polar surface area (TPSA) is 49.6 Å². The van der Waals surface area contributed by atoms with Gasteiger partial charge in [-0.25, -0.2) is 5.43 Å². The molecule has 0 aliphatic carbocycles. The van der Waals surface area contributed by atoms with Crippen molar-refractivity contribution < 1.29 is 4.79 Å². The first-order valence-corrected chi connectivity index (χ1v) is 11.7. The summed E-state index contributed by atoms with van der Waals surface area (Å²) in [7, 11) is 0. The predicted octanol–water partition coefficient (Wildman–Crippen LogP) is 6.05. The first-order chi connectivity index (χ1) is 15.7. The minimum absolute atomic E-state index is 0.115. The van der Waals surface area contributed by atoms with E-state index in [0.29, 0.717) is 17.5 Å². The predicted molar refractivity (Wildman–Crippen MR) is 137 cm³/mol. The SMILES string of the molecule is Cc1cc2c(cc1/C=N/NC(=O)c1ccccc1-n1cccc1)C(C)CC(C)(C)N2C(C)C. The quantitative estimate of drug-likeness (QED) is 0.386. The third kappa shape index (κ3) is 4.45. The molecule has 1 atom stereocenters. The highest BCUT2D eigenvalue weighted by atomic mass is 16.2. The fraction of sp³-hybridized carbons (Fsp3) is 0.357. The molecule has 0 fully saturated rings. The maximum atomic E-state index is 12.9. The first kappa shape index (κ1) is 22.8. The molecule has 4 rings (SSSR count). The van der Waals surface area contributed by atoms with Crippen LogP contribution in [0.25, 0.3) is 5.69 Å². The molecule has 0 spiro atoms. The number of aromatic nitrogens is 1. The monoisotopic (exact) mass is 442 g/mol. The van der Waals surface area contributed by atoms with Gasteiger partial charge < -0.3 is 9.47 Å². The Morgan fingerprint density at radius 2 is 1.82 bits per heavy atom. The van der Waals surface area contributed by atoms with Crippen molar-refractivity contribution in [2.24, 2.45) is 5.10 Å². The Labute approximate surface area is 197 Å². The number of nitrogens with one attached hydrogen (secondary N) is 1. The highest BCUT2D eigenvalue weighted by Gasteiger charge is 2.37. The zero-order chi connectivity index (χ0) is 23.8. The molecule has 2 aromatic carbocycles. The van der Waals surface area contributed by atoms with Crippen LogP contribution in [-0.2, 0) is 0 Å². The number of hydrogen-bond acceptors (Lipinski definition) is 3. The summed E-state index contributed by atoms with van der Waals surface area (Å²) in [6, 6.07) is 16.3. The lowest BCUT2D eigenvalue weighted by Gasteiger charge is -2.50. The van der Waals surface area contributed by atoms with Crippen LogP contribution in [-0.4, -0.2) is 28.3 Å². The number of carbonyl (C=O) groups is 1. The number of rotatable bonds is 5. The summed E-state index contributed by atoms with van der Waals surface area (Å²) in [6.07, 6.45) is 6.71. The molecule has 1 amide bonds. The lowest BCUT2D eigenvalue weighted by molar-refractivity contribution is 0.0955. The van der Waals surface area contributed by atoms with Crippen LogP contribution in [0.1, 0.15) is 74.0 Å². The van der Waals surface area contributed by atoms with Crippen LogP contribution in [0.3, 0.4) is 0 Å². The van der Waals surface area contributed by atoms with Gasteiger partial charge in [0.2, 0.25) is 0 Å². The van der Waals surface area contributed by atoms with Crippen molar-refractivity contribution in [3.63, 3.8) is 0 Å². The van der Waals surface area contributed by atoms with Crippen molar-refractivity contribution in [1.82, 2.24) is 9.99 Å². The summed E-state index contributed by atoms with van der Waals surface area (Å²) in [5.41, 5.74) is 9.07. The van der Waals surface area contributed by atoms with E-state index in [4.69, 9.17) is 0 Å². The molecule has 0 saturated carbocycles. The normalized spacial score (nSPS) is 17.4. The minimum Gasteiger partial charge on any atom is -0.364 e. The van der Waals surface area contributed by atoms with Gasteiger partial charge in [0.15, 0.2) is 0 Å². The molecule has 5 heteroatoms. The van der Waals surface area contributed by atoms with Gasteiger partial charge in [0.1, 0.15) is 0 Å². The van der Waals surface area contributed by atoms with Gasteiger partial charge >= 0.3 is 0 Å². The third-order valence-corrected chi connectivity index (χ3v) is 6.58. The van der Waals surface area contributed by atoms with Crippen molar-refractivity contribution in [1.29, 1.82) is 0 Å². The van der Waals surface area contributed by atoms with E-state index in [9.17, 15) is 4.79 Å². The largest absolute Gasteiger partial charge is 0.364 e. The summed E-state index contributed by atoms with van der Waals surface area (Å²) in [5, 5.41) is 4.31. The molecule has 2 heterocycles.